The van der Waals surface area contributed by atoms with Crippen molar-refractivity contribution in [1.29, 1.82) is 0 Å². The minimum absolute atomic E-state index is 0.00443. The number of nitrogens with two attached hydrogens (primary N) is 1. The molecule has 7 N–H and O–H groups in total. The van der Waals surface area contributed by atoms with E-state index in [1.54, 1.807) is 20.2 Å². The Morgan fingerprint density at radius 2 is 1.69 bits per heavy atom. The minimum atomic E-state index is -2.68. The molecule has 11 heteroatoms. The summed E-state index contributed by atoms with van der Waals surface area (Å²) in [5, 5.41) is 49.4. The fourth-order valence-electron chi connectivity index (χ4n) is 7.15. The molecule has 1 saturated carbocycles. The minimum Gasteiger partial charge on any atom is -0.508 e. The number of ketones is 2. The number of aliphatic hydroxyl groups is 3. The zero-order valence-electron chi connectivity index (χ0n) is 26.7. The number of nitrogens with zero attached hydrogens (tertiary/aromatic N) is 2. The van der Waals surface area contributed by atoms with E-state index >= 15 is 0 Å². The highest BCUT2D eigenvalue weighted by atomic mass is 16.3. The van der Waals surface area contributed by atoms with Gasteiger partial charge in [-0.1, -0.05) is 45.0 Å². The SMILES string of the molecule is CN(C)c1cc(NCc2ccc(C(C)(C)C)cc2)c(O)c2c1C[C@@H]1C[C@@H]3C(N(C)C)C(=O)C(C(N)=O)=C(O)[C@]3(O)C(=O)C1=C2O. The summed E-state index contributed by atoms with van der Waals surface area (Å²) in [5.74, 6) is -6.76. The van der Waals surface area contributed by atoms with Crippen LogP contribution in [-0.4, -0.2) is 82.6 Å². The fraction of sp³-hybridized carbons (Fsp3) is 0.441. The van der Waals surface area contributed by atoms with Gasteiger partial charge in [-0.15, -0.1) is 0 Å². The van der Waals surface area contributed by atoms with Crippen LogP contribution >= 0.6 is 0 Å². The largest absolute Gasteiger partial charge is 0.508 e. The number of hydrogen-bond donors (Lipinski definition) is 6. The molecule has 45 heavy (non-hydrogen) atoms. The van der Waals surface area contributed by atoms with Gasteiger partial charge < -0.3 is 36.4 Å². The highest BCUT2D eigenvalue weighted by Crippen LogP contribution is 2.54. The Labute approximate surface area is 262 Å². The maximum Gasteiger partial charge on any atom is 0.255 e. The maximum atomic E-state index is 14.2. The number of benzene rings is 2. The summed E-state index contributed by atoms with van der Waals surface area (Å²) in [7, 11) is 6.81. The van der Waals surface area contributed by atoms with Gasteiger partial charge in [0.15, 0.2) is 11.4 Å². The lowest BCUT2D eigenvalue weighted by Gasteiger charge is -2.50. The number of Topliss-reactive ketones (excluding diaryl/α,β-unsaturated/α-hetero) is 2. The molecule has 3 aliphatic carbocycles. The number of aromatic hydroxyl groups is 1. The van der Waals surface area contributed by atoms with Crippen LogP contribution in [0.1, 0.15) is 49.4 Å². The molecule has 1 unspecified atom stereocenters. The van der Waals surface area contributed by atoms with Crippen molar-refractivity contribution in [2.75, 3.05) is 38.4 Å². The number of nitrogens with one attached hydrogen (secondary N) is 1. The van der Waals surface area contributed by atoms with E-state index in [0.717, 1.165) is 5.56 Å². The van der Waals surface area contributed by atoms with Crippen LogP contribution in [-0.2, 0) is 32.8 Å². The standard InChI is InChI=1S/C34H42N4O7/c1-33(2,3)18-10-8-16(9-11-18)15-36-21-14-22(37(4)5)19-12-17-13-20-26(38(6)7)29(41)25(32(35)44)31(43)34(20,45)30(42)23(17)28(40)24(19)27(21)39/h8-11,14,17,20,26,36,39-40,43,45H,12-13,15H2,1-7H3,(H2,35,44)/t17-,20-,26?,34-/m1/s1. The first-order chi connectivity index (χ1) is 20.9. The first-order valence-corrected chi connectivity index (χ1v) is 14.9. The van der Waals surface area contributed by atoms with Crippen molar-refractivity contribution >= 4 is 34.6 Å². The molecule has 5 rings (SSSR count). The van der Waals surface area contributed by atoms with Crippen LogP contribution in [0.15, 0.2) is 47.2 Å². The Kier molecular flexibility index (Phi) is 7.78. The molecule has 2 aromatic carbocycles. The number of carbonyl (C=O) groups is 3. The van der Waals surface area contributed by atoms with E-state index in [1.807, 2.05) is 31.1 Å². The van der Waals surface area contributed by atoms with E-state index < -0.39 is 58.0 Å². The number of anilines is 2. The molecule has 4 atom stereocenters. The van der Waals surface area contributed by atoms with Gasteiger partial charge in [-0.3, -0.25) is 19.3 Å². The quantitative estimate of drug-likeness (QED) is 0.208. The molecular formula is C34H42N4O7. The van der Waals surface area contributed by atoms with E-state index in [0.29, 0.717) is 23.5 Å². The Morgan fingerprint density at radius 1 is 1.07 bits per heavy atom. The number of phenols is 1. The highest BCUT2D eigenvalue weighted by molar-refractivity contribution is 6.24. The summed E-state index contributed by atoms with van der Waals surface area (Å²) in [6.07, 6.45) is 0.244. The number of likely N-dealkylation sites (N-methyl/N-ethyl adjacent to an activating group) is 1. The van der Waals surface area contributed by atoms with E-state index in [-0.39, 0.29) is 35.1 Å². The molecule has 1 fully saturated rings. The van der Waals surface area contributed by atoms with E-state index in [2.05, 4.69) is 38.2 Å². The number of carbonyl (C=O) groups excluding carboxylic acids is 3. The molecule has 0 aromatic heterocycles. The van der Waals surface area contributed by atoms with Gasteiger partial charge >= 0.3 is 0 Å². The number of amides is 1. The molecule has 0 radical (unpaired) electrons. The lowest BCUT2D eigenvalue weighted by Crippen LogP contribution is -2.65. The van der Waals surface area contributed by atoms with E-state index in [4.69, 9.17) is 5.73 Å². The predicted molar refractivity (Wildman–Crippen MR) is 171 cm³/mol. The van der Waals surface area contributed by atoms with Gasteiger partial charge in [0.25, 0.3) is 5.91 Å². The molecule has 240 valence electrons. The smallest absolute Gasteiger partial charge is 0.255 e. The first-order valence-electron chi connectivity index (χ1n) is 14.9. The Bertz CT molecular complexity index is 1670. The monoisotopic (exact) mass is 618 g/mol. The van der Waals surface area contributed by atoms with Crippen LogP contribution in [0.4, 0.5) is 11.4 Å². The van der Waals surface area contributed by atoms with Crippen molar-refractivity contribution in [3.63, 3.8) is 0 Å². The molecule has 0 spiro atoms. The van der Waals surface area contributed by atoms with Crippen LogP contribution in [0.2, 0.25) is 0 Å². The third-order valence-corrected chi connectivity index (χ3v) is 9.48. The van der Waals surface area contributed by atoms with Crippen LogP contribution in [0, 0.1) is 11.8 Å². The van der Waals surface area contributed by atoms with Crippen LogP contribution in [0.25, 0.3) is 5.76 Å². The van der Waals surface area contributed by atoms with Gasteiger partial charge in [0, 0.05) is 37.8 Å². The summed E-state index contributed by atoms with van der Waals surface area (Å²) < 4.78 is 0. The summed E-state index contributed by atoms with van der Waals surface area (Å²) >= 11 is 0. The summed E-state index contributed by atoms with van der Waals surface area (Å²) in [4.78, 5) is 43.0. The third-order valence-electron chi connectivity index (χ3n) is 9.48. The topological polar surface area (TPSA) is 177 Å². The Balaban J connectivity index is 1.61. The lowest BCUT2D eigenvalue weighted by atomic mass is 9.57. The van der Waals surface area contributed by atoms with Crippen molar-refractivity contribution in [3.05, 3.63) is 69.5 Å². The molecule has 2 aromatic rings. The first kappa shape index (κ1) is 32.1. The number of aliphatic hydroxyl groups excluding tert-OH is 2. The number of hydrogen-bond acceptors (Lipinski definition) is 10. The van der Waals surface area contributed by atoms with Crippen LogP contribution < -0.4 is 16.0 Å². The van der Waals surface area contributed by atoms with Gasteiger partial charge in [-0.05, 0) is 61.0 Å². The van der Waals surface area contributed by atoms with Crippen molar-refractivity contribution in [3.8, 4) is 5.75 Å². The van der Waals surface area contributed by atoms with Crippen molar-refractivity contribution in [2.45, 2.75) is 57.2 Å². The van der Waals surface area contributed by atoms with E-state index in [9.17, 15) is 34.8 Å². The summed E-state index contributed by atoms with van der Waals surface area (Å²) in [6, 6.07) is 8.80. The van der Waals surface area contributed by atoms with Gasteiger partial charge in [0.05, 0.1) is 17.3 Å². The predicted octanol–water partition coefficient (Wildman–Crippen LogP) is 2.94. The van der Waals surface area contributed by atoms with Crippen LogP contribution in [0.5, 0.6) is 5.75 Å². The zero-order valence-corrected chi connectivity index (χ0v) is 26.7. The van der Waals surface area contributed by atoms with Gasteiger partial charge in [0.1, 0.15) is 22.8 Å². The number of primary amides is 1. The van der Waals surface area contributed by atoms with Crippen LogP contribution in [0.3, 0.4) is 0 Å². The van der Waals surface area contributed by atoms with Crippen molar-refractivity contribution in [2.24, 2.45) is 17.6 Å². The molecule has 0 heterocycles. The second-order valence-corrected chi connectivity index (χ2v) is 13.8. The van der Waals surface area contributed by atoms with Crippen molar-refractivity contribution < 1.29 is 34.8 Å². The molecule has 11 nitrogen and oxygen atoms in total. The number of fused-ring (bicyclic) bond motifs is 3. The summed E-state index contributed by atoms with van der Waals surface area (Å²) in [6.45, 7) is 6.78. The Morgan fingerprint density at radius 3 is 2.22 bits per heavy atom. The zero-order chi connectivity index (χ0) is 33.3. The van der Waals surface area contributed by atoms with Gasteiger partial charge in [0.2, 0.25) is 5.78 Å². The van der Waals surface area contributed by atoms with Gasteiger partial charge in [-0.25, -0.2) is 0 Å². The number of phenolic OH excluding ortho intramolecular Hbond substituents is 1. The normalized spacial score (nSPS) is 24.8. The molecular weight excluding hydrogens is 576 g/mol. The molecule has 0 aliphatic heterocycles. The number of rotatable bonds is 6. The molecule has 0 saturated heterocycles. The average molecular weight is 619 g/mol. The maximum absolute atomic E-state index is 14.2. The second kappa shape index (κ2) is 10.9. The Hall–Kier alpha value is -4.35. The lowest BCUT2D eigenvalue weighted by molar-refractivity contribution is -0.153. The molecule has 1 amide bonds. The highest BCUT2D eigenvalue weighted by Gasteiger charge is 2.64. The third kappa shape index (κ3) is 4.94. The van der Waals surface area contributed by atoms with Gasteiger partial charge in [-0.2, -0.15) is 0 Å². The second-order valence-electron chi connectivity index (χ2n) is 13.8. The van der Waals surface area contributed by atoms with E-state index in [1.165, 1.54) is 10.5 Å². The average Bonchev–Trinajstić information content (AvgIpc) is 2.93. The molecule has 0 bridgehead atoms. The molecule has 3 aliphatic rings. The van der Waals surface area contributed by atoms with Crippen molar-refractivity contribution in [1.82, 2.24) is 4.90 Å². The fourth-order valence-corrected chi connectivity index (χ4v) is 7.15. The summed E-state index contributed by atoms with van der Waals surface area (Å²) in [5.41, 5.74) is 5.56.